The smallest absolute Gasteiger partial charge is 0.0155 e. The van der Waals surface area contributed by atoms with Gasteiger partial charge >= 0.3 is 0 Å². The third-order valence-electron chi connectivity index (χ3n) is 3.69. The van der Waals surface area contributed by atoms with Crippen molar-refractivity contribution in [2.45, 2.75) is 53.9 Å². The first-order valence-corrected chi connectivity index (χ1v) is 5.15. The van der Waals surface area contributed by atoms with Gasteiger partial charge in [0.25, 0.3) is 0 Å². The molecule has 1 aliphatic carbocycles. The maximum absolute atomic E-state index is 2.41. The van der Waals surface area contributed by atoms with Gasteiger partial charge in [0.2, 0.25) is 0 Å². The molecule has 0 nitrogen and oxygen atoms in total. The second kappa shape index (κ2) is 3.24. The van der Waals surface area contributed by atoms with E-state index < -0.39 is 0 Å². The van der Waals surface area contributed by atoms with Crippen LogP contribution in [0.25, 0.3) is 0 Å². The molecule has 0 saturated heterocycles. The molecule has 70 valence electrons. The van der Waals surface area contributed by atoms with Gasteiger partial charge in [-0.3, -0.25) is 0 Å². The molecule has 0 amide bonds. The van der Waals surface area contributed by atoms with Gasteiger partial charge in [-0.2, -0.15) is 0 Å². The maximum atomic E-state index is 2.41. The molecule has 0 heterocycles. The van der Waals surface area contributed by atoms with E-state index in [4.69, 9.17) is 0 Å². The van der Waals surface area contributed by atoms with Crippen LogP contribution in [0, 0.1) is 11.3 Å². The maximum Gasteiger partial charge on any atom is -0.0155 e. The minimum atomic E-state index is 0.540. The van der Waals surface area contributed by atoms with Crippen LogP contribution in [0.2, 0.25) is 0 Å². The van der Waals surface area contributed by atoms with Crippen molar-refractivity contribution in [2.24, 2.45) is 11.3 Å². The Kier molecular flexibility index (Phi) is 2.65. The van der Waals surface area contributed by atoms with E-state index in [9.17, 15) is 0 Å². The standard InChI is InChI=1S/C12H22/c1-6-11-10(3)9(2)7-8-12(11,4)5/h11H,6-8H2,1-5H3. The molecular formula is C12H22. The highest BCUT2D eigenvalue weighted by atomic mass is 14.4. The molecule has 0 aliphatic heterocycles. The van der Waals surface area contributed by atoms with Crippen LogP contribution in [0.5, 0.6) is 0 Å². The summed E-state index contributed by atoms with van der Waals surface area (Å²) in [7, 11) is 0. The zero-order chi connectivity index (χ0) is 9.35. The fourth-order valence-electron chi connectivity index (χ4n) is 2.62. The fraction of sp³-hybridized carbons (Fsp3) is 0.833. The van der Waals surface area contributed by atoms with E-state index in [0.29, 0.717) is 5.41 Å². The van der Waals surface area contributed by atoms with Crippen LogP contribution >= 0.6 is 0 Å². The van der Waals surface area contributed by atoms with Gasteiger partial charge in [0, 0.05) is 0 Å². The van der Waals surface area contributed by atoms with Gasteiger partial charge in [-0.1, -0.05) is 31.9 Å². The van der Waals surface area contributed by atoms with Gasteiger partial charge in [0.1, 0.15) is 0 Å². The van der Waals surface area contributed by atoms with E-state index in [1.807, 2.05) is 0 Å². The van der Waals surface area contributed by atoms with Gasteiger partial charge in [-0.15, -0.1) is 0 Å². The molecule has 0 spiro atoms. The molecule has 1 aliphatic rings. The van der Waals surface area contributed by atoms with Gasteiger partial charge in [-0.05, 0) is 44.4 Å². The van der Waals surface area contributed by atoms with Gasteiger partial charge < -0.3 is 0 Å². The monoisotopic (exact) mass is 166 g/mol. The lowest BCUT2D eigenvalue weighted by atomic mass is 9.66. The third kappa shape index (κ3) is 1.57. The Balaban J connectivity index is 2.93. The number of rotatable bonds is 1. The molecule has 0 fully saturated rings. The largest absolute Gasteiger partial charge is 0.0741 e. The predicted molar refractivity (Wildman–Crippen MR) is 55.2 cm³/mol. The van der Waals surface area contributed by atoms with E-state index in [-0.39, 0.29) is 0 Å². The zero-order valence-corrected chi connectivity index (χ0v) is 9.20. The van der Waals surface area contributed by atoms with Crippen LogP contribution in [0.15, 0.2) is 11.1 Å². The second-order valence-corrected chi connectivity index (χ2v) is 4.91. The summed E-state index contributed by atoms with van der Waals surface area (Å²) in [6.07, 6.45) is 3.99. The minimum Gasteiger partial charge on any atom is -0.0741 e. The summed E-state index contributed by atoms with van der Waals surface area (Å²) in [6.45, 7) is 11.8. The van der Waals surface area contributed by atoms with Gasteiger partial charge in [0.05, 0.1) is 0 Å². The number of allylic oxidation sites excluding steroid dienone is 2. The molecule has 0 aromatic rings. The van der Waals surface area contributed by atoms with E-state index in [1.54, 1.807) is 11.1 Å². The lowest BCUT2D eigenvalue weighted by molar-refractivity contribution is 0.204. The van der Waals surface area contributed by atoms with Crippen LogP contribution < -0.4 is 0 Å². The average molecular weight is 166 g/mol. The molecule has 0 N–H and O–H groups in total. The van der Waals surface area contributed by atoms with Crippen molar-refractivity contribution in [3.05, 3.63) is 11.1 Å². The van der Waals surface area contributed by atoms with E-state index >= 15 is 0 Å². The minimum absolute atomic E-state index is 0.540. The molecule has 0 bridgehead atoms. The Morgan fingerprint density at radius 1 is 1.33 bits per heavy atom. The first kappa shape index (κ1) is 9.83. The Hall–Kier alpha value is -0.260. The highest BCUT2D eigenvalue weighted by molar-refractivity contribution is 5.19. The molecule has 0 heteroatoms. The summed E-state index contributed by atoms with van der Waals surface area (Å²) >= 11 is 0. The lowest BCUT2D eigenvalue weighted by Crippen LogP contribution is -2.28. The molecule has 1 rings (SSSR count). The SMILES string of the molecule is CCC1C(C)=C(C)CCC1(C)C. The van der Waals surface area contributed by atoms with Crippen LogP contribution in [-0.4, -0.2) is 0 Å². The second-order valence-electron chi connectivity index (χ2n) is 4.91. The predicted octanol–water partition coefficient (Wildman–Crippen LogP) is 4.17. The van der Waals surface area contributed by atoms with Crippen LogP contribution in [0.3, 0.4) is 0 Å². The van der Waals surface area contributed by atoms with Crippen molar-refractivity contribution in [3.8, 4) is 0 Å². The van der Waals surface area contributed by atoms with Gasteiger partial charge in [-0.25, -0.2) is 0 Å². The molecule has 1 atom stereocenters. The van der Waals surface area contributed by atoms with Crippen LogP contribution in [0.1, 0.15) is 53.9 Å². The molecule has 0 aromatic heterocycles. The van der Waals surface area contributed by atoms with E-state index in [1.165, 1.54) is 19.3 Å². The fourth-order valence-corrected chi connectivity index (χ4v) is 2.62. The van der Waals surface area contributed by atoms with Gasteiger partial charge in [0.15, 0.2) is 0 Å². The van der Waals surface area contributed by atoms with E-state index in [0.717, 1.165) is 5.92 Å². The molecule has 12 heavy (non-hydrogen) atoms. The topological polar surface area (TPSA) is 0 Å². The normalized spacial score (nSPS) is 29.2. The Labute approximate surface area is 77.1 Å². The summed E-state index contributed by atoms with van der Waals surface area (Å²) in [5.74, 6) is 0.825. The summed E-state index contributed by atoms with van der Waals surface area (Å²) in [5.41, 5.74) is 3.84. The Morgan fingerprint density at radius 2 is 1.92 bits per heavy atom. The zero-order valence-electron chi connectivity index (χ0n) is 9.20. The van der Waals surface area contributed by atoms with Crippen molar-refractivity contribution >= 4 is 0 Å². The summed E-state index contributed by atoms with van der Waals surface area (Å²) in [5, 5.41) is 0. The van der Waals surface area contributed by atoms with E-state index in [2.05, 4.69) is 34.6 Å². The molecule has 1 unspecified atom stereocenters. The highest BCUT2D eigenvalue weighted by Crippen LogP contribution is 2.44. The average Bonchev–Trinajstić information content (AvgIpc) is 1.99. The summed E-state index contributed by atoms with van der Waals surface area (Å²) in [4.78, 5) is 0. The van der Waals surface area contributed by atoms with Crippen molar-refractivity contribution in [1.29, 1.82) is 0 Å². The van der Waals surface area contributed by atoms with Crippen molar-refractivity contribution in [2.75, 3.05) is 0 Å². The van der Waals surface area contributed by atoms with Crippen molar-refractivity contribution < 1.29 is 0 Å². The summed E-state index contributed by atoms with van der Waals surface area (Å²) < 4.78 is 0. The first-order valence-electron chi connectivity index (χ1n) is 5.15. The Bertz CT molecular complexity index is 196. The van der Waals surface area contributed by atoms with Crippen molar-refractivity contribution in [1.82, 2.24) is 0 Å². The molecular weight excluding hydrogens is 144 g/mol. The first-order chi connectivity index (χ1) is 5.49. The quantitative estimate of drug-likeness (QED) is 0.513. The highest BCUT2D eigenvalue weighted by Gasteiger charge is 2.32. The third-order valence-corrected chi connectivity index (χ3v) is 3.69. The summed E-state index contributed by atoms with van der Waals surface area (Å²) in [6, 6.07) is 0. The lowest BCUT2D eigenvalue weighted by Gasteiger charge is -2.40. The Morgan fingerprint density at radius 3 is 2.33 bits per heavy atom. The number of hydrogen-bond acceptors (Lipinski definition) is 0. The number of hydrogen-bond donors (Lipinski definition) is 0. The van der Waals surface area contributed by atoms with Crippen LogP contribution in [-0.2, 0) is 0 Å². The van der Waals surface area contributed by atoms with Crippen molar-refractivity contribution in [3.63, 3.8) is 0 Å². The molecule has 0 aromatic carbocycles. The molecule has 0 radical (unpaired) electrons. The molecule has 0 saturated carbocycles. The van der Waals surface area contributed by atoms with Crippen LogP contribution in [0.4, 0.5) is 0 Å².